The van der Waals surface area contributed by atoms with E-state index >= 15 is 0 Å². The lowest BCUT2D eigenvalue weighted by Gasteiger charge is -2.14. The largest absolute Gasteiger partial charge is 0.350 e. The zero-order valence-electron chi connectivity index (χ0n) is 5.68. The minimum atomic E-state index is -1.24. The second-order valence-corrected chi connectivity index (χ2v) is 4.28. The molecule has 0 aromatic rings. The molecule has 0 aromatic carbocycles. The average Bonchev–Trinajstić information content (AvgIpc) is 2.41. The first kappa shape index (κ1) is 7.44. The van der Waals surface area contributed by atoms with Crippen LogP contribution in [-0.2, 0) is 4.79 Å². The molecule has 4 heteroatoms. The Morgan fingerprint density at radius 1 is 1.64 bits per heavy atom. The number of rotatable bonds is 0. The average molecular weight is 192 g/mol. The van der Waals surface area contributed by atoms with E-state index in [9.17, 15) is 4.79 Å². The maximum absolute atomic E-state index is 11.1. The third kappa shape index (κ3) is 0.893. The van der Waals surface area contributed by atoms with Gasteiger partial charge in [-0.1, -0.05) is 35.4 Å². The topological polar surface area (TPSA) is 29.1 Å². The lowest BCUT2D eigenvalue weighted by molar-refractivity contribution is -0.120. The molecule has 1 saturated heterocycles. The Morgan fingerprint density at radius 3 is 3.00 bits per heavy atom. The molecule has 0 saturated carbocycles. The van der Waals surface area contributed by atoms with E-state index in [0.29, 0.717) is 0 Å². The highest BCUT2D eigenvalue weighted by atomic mass is 35.5. The van der Waals surface area contributed by atoms with Gasteiger partial charge in [-0.2, -0.15) is 0 Å². The Morgan fingerprint density at radius 2 is 2.36 bits per heavy atom. The van der Waals surface area contributed by atoms with Gasteiger partial charge in [0.15, 0.2) is 0 Å². The van der Waals surface area contributed by atoms with Crippen molar-refractivity contribution in [3.05, 3.63) is 12.2 Å². The summed E-state index contributed by atoms with van der Waals surface area (Å²) in [6, 6.07) is 0.123. The lowest BCUT2D eigenvalue weighted by Crippen LogP contribution is -2.29. The van der Waals surface area contributed by atoms with Crippen LogP contribution in [0.2, 0.25) is 0 Å². The molecule has 1 heterocycles. The number of carbonyl (C=O) groups is 1. The van der Waals surface area contributed by atoms with E-state index in [1.54, 1.807) is 0 Å². The van der Waals surface area contributed by atoms with Gasteiger partial charge in [-0.15, -0.1) is 0 Å². The predicted octanol–water partition coefficient (Wildman–Crippen LogP) is 1.23. The fourth-order valence-electron chi connectivity index (χ4n) is 1.59. The van der Waals surface area contributed by atoms with Crippen LogP contribution in [0.1, 0.15) is 6.42 Å². The van der Waals surface area contributed by atoms with Crippen LogP contribution >= 0.6 is 23.2 Å². The molecule has 0 spiro atoms. The minimum Gasteiger partial charge on any atom is -0.350 e. The van der Waals surface area contributed by atoms with Gasteiger partial charge < -0.3 is 5.32 Å². The fraction of sp³-hybridized carbons (Fsp3) is 0.571. The van der Waals surface area contributed by atoms with Crippen LogP contribution in [0.5, 0.6) is 0 Å². The number of halogens is 2. The fourth-order valence-corrected chi connectivity index (χ4v) is 2.15. The van der Waals surface area contributed by atoms with E-state index in [1.165, 1.54) is 0 Å². The first-order chi connectivity index (χ1) is 5.12. The lowest BCUT2D eigenvalue weighted by atomic mass is 10.0. The molecule has 0 radical (unpaired) electrons. The van der Waals surface area contributed by atoms with Crippen LogP contribution < -0.4 is 5.32 Å². The summed E-state index contributed by atoms with van der Waals surface area (Å²) < 4.78 is -1.24. The van der Waals surface area contributed by atoms with Crippen LogP contribution in [0.4, 0.5) is 0 Å². The van der Waals surface area contributed by atoms with Crippen molar-refractivity contribution in [2.24, 2.45) is 5.92 Å². The Balaban J connectivity index is 2.34. The maximum Gasteiger partial charge on any atom is 0.257 e. The van der Waals surface area contributed by atoms with Gasteiger partial charge in [0.1, 0.15) is 0 Å². The summed E-state index contributed by atoms with van der Waals surface area (Å²) in [5.74, 6) is -0.307. The molecular weight excluding hydrogens is 185 g/mol. The van der Waals surface area contributed by atoms with Crippen molar-refractivity contribution < 1.29 is 4.79 Å². The third-order valence-electron chi connectivity index (χ3n) is 2.20. The van der Waals surface area contributed by atoms with Gasteiger partial charge in [0.25, 0.3) is 5.91 Å². The number of nitrogens with one attached hydrogen (secondary N) is 1. The van der Waals surface area contributed by atoms with E-state index in [-0.39, 0.29) is 17.9 Å². The molecule has 2 rings (SSSR count). The molecule has 0 unspecified atom stereocenters. The maximum atomic E-state index is 11.1. The van der Waals surface area contributed by atoms with E-state index in [4.69, 9.17) is 23.2 Å². The van der Waals surface area contributed by atoms with Gasteiger partial charge in [-0.3, -0.25) is 4.79 Å². The second-order valence-electron chi connectivity index (χ2n) is 2.89. The zero-order valence-corrected chi connectivity index (χ0v) is 7.19. The van der Waals surface area contributed by atoms with Crippen molar-refractivity contribution in [2.75, 3.05) is 0 Å². The normalized spacial score (nSPS) is 38.9. The summed E-state index contributed by atoms with van der Waals surface area (Å²) in [5.41, 5.74) is 0. The number of amides is 1. The standard InChI is InChI=1S/C7H7Cl2NO/c8-7(9)4-2-1-3-5(4)10-6(7)11/h1-2,4-5H,3H2,(H,10,11)/t4-,5+/m0/s1. The van der Waals surface area contributed by atoms with E-state index in [0.717, 1.165) is 6.42 Å². The van der Waals surface area contributed by atoms with Gasteiger partial charge in [0.2, 0.25) is 4.33 Å². The highest BCUT2D eigenvalue weighted by Gasteiger charge is 2.52. The quantitative estimate of drug-likeness (QED) is 0.454. The Bertz CT molecular complexity index is 237. The molecular formula is C7H7Cl2NO. The van der Waals surface area contributed by atoms with Crippen molar-refractivity contribution in [3.63, 3.8) is 0 Å². The monoisotopic (exact) mass is 191 g/mol. The van der Waals surface area contributed by atoms with Crippen LogP contribution in [-0.4, -0.2) is 16.3 Å². The second kappa shape index (κ2) is 2.14. The number of alkyl halides is 2. The summed E-state index contributed by atoms with van der Waals surface area (Å²) in [7, 11) is 0. The van der Waals surface area contributed by atoms with E-state index < -0.39 is 4.33 Å². The Kier molecular flexibility index (Phi) is 1.45. The van der Waals surface area contributed by atoms with Gasteiger partial charge >= 0.3 is 0 Å². The summed E-state index contributed by atoms with van der Waals surface area (Å²) in [5, 5.41) is 2.74. The van der Waals surface area contributed by atoms with Crippen molar-refractivity contribution in [1.82, 2.24) is 5.32 Å². The first-order valence-corrected chi connectivity index (χ1v) is 4.23. The summed E-state index contributed by atoms with van der Waals surface area (Å²) in [6.45, 7) is 0. The van der Waals surface area contributed by atoms with Gasteiger partial charge in [-0.05, 0) is 6.42 Å². The Labute approximate surface area is 74.5 Å². The molecule has 2 nitrogen and oxygen atoms in total. The molecule has 2 atom stereocenters. The van der Waals surface area contributed by atoms with Crippen LogP contribution in [0.3, 0.4) is 0 Å². The van der Waals surface area contributed by atoms with Crippen molar-refractivity contribution in [3.8, 4) is 0 Å². The minimum absolute atomic E-state index is 0.0432. The zero-order chi connectivity index (χ0) is 8.06. The Hall–Kier alpha value is -0.210. The number of fused-ring (bicyclic) bond motifs is 1. The molecule has 1 aliphatic carbocycles. The van der Waals surface area contributed by atoms with Gasteiger partial charge in [-0.25, -0.2) is 0 Å². The highest BCUT2D eigenvalue weighted by Crippen LogP contribution is 2.42. The van der Waals surface area contributed by atoms with E-state index in [2.05, 4.69) is 5.32 Å². The first-order valence-electron chi connectivity index (χ1n) is 3.48. The van der Waals surface area contributed by atoms with Crippen LogP contribution in [0, 0.1) is 5.92 Å². The molecule has 60 valence electrons. The van der Waals surface area contributed by atoms with Gasteiger partial charge in [0, 0.05) is 12.0 Å². The highest BCUT2D eigenvalue weighted by molar-refractivity contribution is 6.59. The molecule has 1 aliphatic heterocycles. The van der Waals surface area contributed by atoms with Crippen molar-refractivity contribution >= 4 is 29.1 Å². The summed E-state index contributed by atoms with van der Waals surface area (Å²) >= 11 is 11.6. The van der Waals surface area contributed by atoms with Crippen LogP contribution in [0.15, 0.2) is 12.2 Å². The molecule has 0 bridgehead atoms. The molecule has 2 aliphatic rings. The molecule has 0 aromatic heterocycles. The van der Waals surface area contributed by atoms with Gasteiger partial charge in [0.05, 0.1) is 0 Å². The SMILES string of the molecule is O=C1N[C@@H]2CC=C[C@@H]2C1(Cl)Cl. The van der Waals surface area contributed by atoms with E-state index in [1.807, 2.05) is 12.2 Å². The van der Waals surface area contributed by atoms with Crippen molar-refractivity contribution in [1.29, 1.82) is 0 Å². The molecule has 1 amide bonds. The summed E-state index contributed by atoms with van der Waals surface area (Å²) in [4.78, 5) is 11.1. The number of hydrogen-bond donors (Lipinski definition) is 1. The smallest absolute Gasteiger partial charge is 0.257 e. The molecule has 1 fully saturated rings. The molecule has 1 N–H and O–H groups in total. The third-order valence-corrected chi connectivity index (χ3v) is 3.05. The number of carbonyl (C=O) groups excluding carboxylic acids is 1. The molecule has 11 heavy (non-hydrogen) atoms. The number of hydrogen-bond acceptors (Lipinski definition) is 1. The summed E-state index contributed by atoms with van der Waals surface area (Å²) in [6.07, 6.45) is 4.74. The predicted molar refractivity (Wildman–Crippen MR) is 43.6 cm³/mol. The van der Waals surface area contributed by atoms with Crippen LogP contribution in [0.25, 0.3) is 0 Å². The van der Waals surface area contributed by atoms with Crippen molar-refractivity contribution in [2.45, 2.75) is 16.8 Å².